The Labute approximate surface area is 164 Å². The Balaban J connectivity index is 1.87. The van der Waals surface area contributed by atoms with Gasteiger partial charge in [-0.2, -0.15) is 0 Å². The molecule has 1 aliphatic rings. The van der Waals surface area contributed by atoms with Crippen molar-refractivity contribution in [2.45, 2.75) is 6.04 Å². The molecule has 0 saturated heterocycles. The van der Waals surface area contributed by atoms with Crippen LogP contribution in [0.3, 0.4) is 0 Å². The number of amides is 1. The Bertz CT molecular complexity index is 1120. The summed E-state index contributed by atoms with van der Waals surface area (Å²) < 4.78 is 5.15. The van der Waals surface area contributed by atoms with Crippen LogP contribution in [0, 0.1) is 10.1 Å². The van der Waals surface area contributed by atoms with Gasteiger partial charge in [0, 0.05) is 17.8 Å². The fourth-order valence-electron chi connectivity index (χ4n) is 3.33. The van der Waals surface area contributed by atoms with E-state index in [0.29, 0.717) is 11.3 Å². The first-order chi connectivity index (χ1) is 14.0. The largest absolute Gasteiger partial charge is 0.503 e. The van der Waals surface area contributed by atoms with Crippen LogP contribution in [-0.2, 0) is 4.79 Å². The Morgan fingerprint density at radius 2 is 1.72 bits per heavy atom. The molecule has 1 aromatic heterocycles. The van der Waals surface area contributed by atoms with Gasteiger partial charge in [0.15, 0.2) is 11.5 Å². The van der Waals surface area contributed by atoms with Gasteiger partial charge in [-0.05, 0) is 42.0 Å². The highest BCUT2D eigenvalue weighted by Crippen LogP contribution is 2.42. The molecule has 8 heteroatoms. The monoisotopic (exact) mass is 390 g/mol. The maximum absolute atomic E-state index is 13.0. The van der Waals surface area contributed by atoms with Crippen LogP contribution in [0.1, 0.15) is 22.2 Å². The Kier molecular flexibility index (Phi) is 4.44. The molecule has 0 fully saturated rings. The summed E-state index contributed by atoms with van der Waals surface area (Å²) >= 11 is 0. The second-order valence-electron chi connectivity index (χ2n) is 6.33. The van der Waals surface area contributed by atoms with Crippen molar-refractivity contribution in [1.29, 1.82) is 0 Å². The number of carbonyl (C=O) groups excluding carboxylic acids is 2. The number of nitro benzene ring substituents is 1. The predicted octanol–water partition coefficient (Wildman–Crippen LogP) is 3.97. The molecule has 4 rings (SSSR count). The number of hydrogen-bond donors (Lipinski definition) is 1. The van der Waals surface area contributed by atoms with Gasteiger partial charge in [0.05, 0.1) is 22.8 Å². The van der Waals surface area contributed by atoms with Crippen LogP contribution >= 0.6 is 0 Å². The van der Waals surface area contributed by atoms with E-state index in [1.807, 2.05) is 0 Å². The van der Waals surface area contributed by atoms with E-state index in [9.17, 15) is 24.8 Å². The van der Waals surface area contributed by atoms with Crippen molar-refractivity contribution in [3.8, 4) is 0 Å². The zero-order chi connectivity index (χ0) is 20.5. The Morgan fingerprint density at radius 3 is 2.31 bits per heavy atom. The van der Waals surface area contributed by atoms with Crippen LogP contribution in [0.15, 0.2) is 88.7 Å². The van der Waals surface area contributed by atoms with Crippen molar-refractivity contribution in [3.63, 3.8) is 0 Å². The van der Waals surface area contributed by atoms with Crippen LogP contribution in [0.5, 0.6) is 0 Å². The molecule has 144 valence electrons. The van der Waals surface area contributed by atoms with E-state index in [1.54, 1.807) is 30.3 Å². The number of aliphatic hydroxyl groups is 1. The molecule has 0 saturated carbocycles. The smallest absolute Gasteiger partial charge is 0.294 e. The van der Waals surface area contributed by atoms with E-state index in [1.165, 1.54) is 47.6 Å². The highest BCUT2D eigenvalue weighted by molar-refractivity contribution is 6.20. The molecule has 1 N–H and O–H groups in total. The number of carbonyl (C=O) groups is 2. The summed E-state index contributed by atoms with van der Waals surface area (Å²) in [4.78, 5) is 37.6. The Hall–Kier alpha value is -4.20. The summed E-state index contributed by atoms with van der Waals surface area (Å²) in [5.74, 6) is -2.09. The second-order valence-corrected chi connectivity index (χ2v) is 6.33. The number of Topliss-reactive ketones (excluding diaryl/α,β-unsaturated/α-hetero) is 1. The average molecular weight is 390 g/mol. The summed E-state index contributed by atoms with van der Waals surface area (Å²) in [7, 11) is 0. The molecule has 1 atom stereocenters. The standard InChI is InChI=1S/C21H14N2O6/c24-19(16-7-4-12-29-16)17-18(13-8-10-15(11-9-13)23(27)28)22(21(26)20(17)25)14-5-2-1-3-6-14/h1-12,18,25H/t18-/m0/s1. The van der Waals surface area contributed by atoms with Gasteiger partial charge in [-0.15, -0.1) is 0 Å². The number of nitrogens with zero attached hydrogens (tertiary/aromatic N) is 2. The lowest BCUT2D eigenvalue weighted by Gasteiger charge is -2.26. The normalized spacial score (nSPS) is 16.3. The lowest BCUT2D eigenvalue weighted by Crippen LogP contribution is -2.31. The molecule has 2 aromatic carbocycles. The number of rotatable bonds is 5. The van der Waals surface area contributed by atoms with Gasteiger partial charge in [0.2, 0.25) is 5.78 Å². The van der Waals surface area contributed by atoms with Crippen molar-refractivity contribution in [1.82, 2.24) is 0 Å². The number of para-hydroxylation sites is 1. The summed E-state index contributed by atoms with van der Waals surface area (Å²) in [5.41, 5.74) is 0.625. The molecular weight excluding hydrogens is 376 g/mol. The third-order valence-corrected chi connectivity index (χ3v) is 4.65. The summed E-state index contributed by atoms with van der Waals surface area (Å²) in [6, 6.07) is 16.0. The number of nitro groups is 1. The number of anilines is 1. The van der Waals surface area contributed by atoms with Crippen LogP contribution in [0.25, 0.3) is 0 Å². The highest BCUT2D eigenvalue weighted by atomic mass is 16.6. The first-order valence-electron chi connectivity index (χ1n) is 8.63. The molecule has 0 aliphatic carbocycles. The molecule has 1 aliphatic heterocycles. The quantitative estimate of drug-likeness (QED) is 0.400. The van der Waals surface area contributed by atoms with Gasteiger partial charge in [-0.3, -0.25) is 24.6 Å². The maximum Gasteiger partial charge on any atom is 0.294 e. The summed E-state index contributed by atoms with van der Waals surface area (Å²) in [6.07, 6.45) is 1.32. The summed E-state index contributed by atoms with van der Waals surface area (Å²) in [6.45, 7) is 0. The maximum atomic E-state index is 13.0. The van der Waals surface area contributed by atoms with Gasteiger partial charge in [-0.25, -0.2) is 0 Å². The molecule has 0 unspecified atom stereocenters. The lowest BCUT2D eigenvalue weighted by molar-refractivity contribution is -0.384. The molecule has 0 bridgehead atoms. The van der Waals surface area contributed by atoms with Crippen molar-refractivity contribution in [2.24, 2.45) is 0 Å². The fourth-order valence-corrected chi connectivity index (χ4v) is 3.33. The van der Waals surface area contributed by atoms with Crippen LogP contribution in [0.4, 0.5) is 11.4 Å². The van der Waals surface area contributed by atoms with E-state index >= 15 is 0 Å². The van der Waals surface area contributed by atoms with E-state index in [-0.39, 0.29) is 17.0 Å². The minimum absolute atomic E-state index is 0.0267. The van der Waals surface area contributed by atoms with E-state index < -0.39 is 28.4 Å². The number of hydrogen-bond acceptors (Lipinski definition) is 6. The molecule has 2 heterocycles. The third-order valence-electron chi connectivity index (χ3n) is 4.65. The van der Waals surface area contributed by atoms with Gasteiger partial charge >= 0.3 is 0 Å². The number of furan rings is 1. The van der Waals surface area contributed by atoms with E-state index in [4.69, 9.17) is 4.42 Å². The predicted molar refractivity (Wildman–Crippen MR) is 102 cm³/mol. The molecule has 3 aromatic rings. The van der Waals surface area contributed by atoms with Crippen LogP contribution in [0.2, 0.25) is 0 Å². The van der Waals surface area contributed by atoms with Crippen LogP contribution < -0.4 is 4.90 Å². The zero-order valence-corrected chi connectivity index (χ0v) is 14.9. The van der Waals surface area contributed by atoms with Crippen molar-refractivity contribution in [2.75, 3.05) is 4.90 Å². The first-order valence-corrected chi connectivity index (χ1v) is 8.63. The lowest BCUT2D eigenvalue weighted by atomic mass is 9.94. The number of benzene rings is 2. The highest BCUT2D eigenvalue weighted by Gasteiger charge is 2.45. The fraction of sp³-hybridized carbons (Fsp3) is 0.0476. The van der Waals surface area contributed by atoms with Crippen molar-refractivity contribution < 1.29 is 24.0 Å². The van der Waals surface area contributed by atoms with E-state index in [2.05, 4.69) is 0 Å². The SMILES string of the molecule is O=C(C1=C(O)C(=O)N(c2ccccc2)[C@H]1c1ccc([N+](=O)[O-])cc1)c1ccco1. The number of ketones is 1. The van der Waals surface area contributed by atoms with E-state index in [0.717, 1.165) is 0 Å². The van der Waals surface area contributed by atoms with Crippen molar-refractivity contribution >= 4 is 23.1 Å². The Morgan fingerprint density at radius 1 is 1.03 bits per heavy atom. The third kappa shape index (κ3) is 3.06. The molecule has 8 nitrogen and oxygen atoms in total. The molecule has 0 spiro atoms. The molecule has 0 radical (unpaired) electrons. The minimum atomic E-state index is -0.969. The molecular formula is C21H14N2O6. The zero-order valence-electron chi connectivity index (χ0n) is 14.9. The first kappa shape index (κ1) is 18.2. The topological polar surface area (TPSA) is 114 Å². The minimum Gasteiger partial charge on any atom is -0.503 e. The number of non-ortho nitro benzene ring substituents is 1. The average Bonchev–Trinajstić information content (AvgIpc) is 3.36. The second kappa shape index (κ2) is 7.08. The van der Waals surface area contributed by atoms with Gasteiger partial charge in [0.25, 0.3) is 11.6 Å². The van der Waals surface area contributed by atoms with Crippen molar-refractivity contribution in [3.05, 3.63) is 106 Å². The van der Waals surface area contributed by atoms with Gasteiger partial charge < -0.3 is 9.52 Å². The van der Waals surface area contributed by atoms with Gasteiger partial charge in [0.1, 0.15) is 0 Å². The summed E-state index contributed by atoms with van der Waals surface area (Å²) in [5, 5.41) is 21.5. The van der Waals surface area contributed by atoms with Gasteiger partial charge in [-0.1, -0.05) is 18.2 Å². The van der Waals surface area contributed by atoms with Crippen LogP contribution in [-0.4, -0.2) is 21.7 Å². The molecule has 1 amide bonds. The number of aliphatic hydroxyl groups excluding tert-OH is 1. The molecule has 29 heavy (non-hydrogen) atoms.